The summed E-state index contributed by atoms with van der Waals surface area (Å²) in [6.07, 6.45) is 2.13. The van der Waals surface area contributed by atoms with Gasteiger partial charge in [-0.1, -0.05) is 6.42 Å². The topological polar surface area (TPSA) is 55.8 Å². The predicted octanol–water partition coefficient (Wildman–Crippen LogP) is 0.697. The van der Waals surface area contributed by atoms with Gasteiger partial charge < -0.3 is 9.47 Å². The maximum Gasteiger partial charge on any atom is 0.300 e. The number of nitrogens with zero attached hydrogens (tertiary/aromatic N) is 1. The first-order chi connectivity index (χ1) is 7.09. The Hall–Kier alpha value is 0.120. The Morgan fingerprint density at radius 2 is 1.87 bits per heavy atom. The molecule has 0 amide bonds. The third kappa shape index (κ3) is 2.62. The zero-order valence-electron chi connectivity index (χ0n) is 8.26. The van der Waals surface area contributed by atoms with E-state index >= 15 is 0 Å². The van der Waals surface area contributed by atoms with Crippen molar-refractivity contribution >= 4 is 19.9 Å². The standard InChI is InChI=1S/C8H14ClNO4S/c9-15(11,12)10-4-2-1-3-7(10)8-13-5-6-14-8/h7-8H,1-6H2. The molecule has 2 saturated heterocycles. The maximum absolute atomic E-state index is 11.3. The Morgan fingerprint density at radius 1 is 1.20 bits per heavy atom. The van der Waals surface area contributed by atoms with Crippen LogP contribution in [0.15, 0.2) is 0 Å². The highest BCUT2D eigenvalue weighted by Gasteiger charge is 2.38. The predicted molar refractivity (Wildman–Crippen MR) is 54.8 cm³/mol. The van der Waals surface area contributed by atoms with Gasteiger partial charge in [-0.3, -0.25) is 0 Å². The van der Waals surface area contributed by atoms with E-state index in [-0.39, 0.29) is 6.04 Å². The van der Waals surface area contributed by atoms with Gasteiger partial charge in [-0.25, -0.2) is 0 Å². The minimum Gasteiger partial charge on any atom is -0.349 e. The number of ether oxygens (including phenoxy) is 2. The van der Waals surface area contributed by atoms with Crippen molar-refractivity contribution in [3.05, 3.63) is 0 Å². The molecule has 0 N–H and O–H groups in total. The van der Waals surface area contributed by atoms with Crippen molar-refractivity contribution in [1.29, 1.82) is 0 Å². The quantitative estimate of drug-likeness (QED) is 0.682. The van der Waals surface area contributed by atoms with E-state index < -0.39 is 15.5 Å². The van der Waals surface area contributed by atoms with Crippen LogP contribution < -0.4 is 0 Å². The summed E-state index contributed by atoms with van der Waals surface area (Å²) in [5.74, 6) is 0. The highest BCUT2D eigenvalue weighted by Crippen LogP contribution is 2.27. The summed E-state index contributed by atoms with van der Waals surface area (Å²) in [7, 11) is 1.71. The van der Waals surface area contributed by atoms with Gasteiger partial charge in [0.2, 0.25) is 0 Å². The molecule has 2 rings (SSSR count). The molecule has 2 aliphatic heterocycles. The minimum atomic E-state index is -3.67. The van der Waals surface area contributed by atoms with Gasteiger partial charge >= 0.3 is 0 Å². The summed E-state index contributed by atoms with van der Waals surface area (Å²) in [6, 6.07) is -0.260. The molecule has 0 saturated carbocycles. The Kier molecular flexibility index (Phi) is 3.52. The second-order valence-electron chi connectivity index (χ2n) is 3.73. The van der Waals surface area contributed by atoms with Crippen LogP contribution in [0, 0.1) is 0 Å². The van der Waals surface area contributed by atoms with Gasteiger partial charge in [0.25, 0.3) is 9.24 Å². The highest BCUT2D eigenvalue weighted by molar-refractivity contribution is 8.11. The SMILES string of the molecule is O=S(=O)(Cl)N1CCCCC1C1OCCO1. The van der Waals surface area contributed by atoms with Crippen LogP contribution in [0.2, 0.25) is 0 Å². The van der Waals surface area contributed by atoms with Gasteiger partial charge in [-0.15, -0.1) is 0 Å². The van der Waals surface area contributed by atoms with Gasteiger partial charge in [0.1, 0.15) is 0 Å². The van der Waals surface area contributed by atoms with Crippen LogP contribution in [0.3, 0.4) is 0 Å². The average molecular weight is 256 g/mol. The van der Waals surface area contributed by atoms with Crippen LogP contribution in [-0.4, -0.2) is 44.8 Å². The summed E-state index contributed by atoms with van der Waals surface area (Å²) >= 11 is 0. The molecular formula is C8H14ClNO4S. The van der Waals surface area contributed by atoms with E-state index in [9.17, 15) is 8.42 Å². The Balaban J connectivity index is 2.12. The van der Waals surface area contributed by atoms with E-state index in [0.29, 0.717) is 19.8 Å². The van der Waals surface area contributed by atoms with Crippen LogP contribution in [0.1, 0.15) is 19.3 Å². The van der Waals surface area contributed by atoms with E-state index in [1.807, 2.05) is 0 Å². The second-order valence-corrected chi connectivity index (χ2v) is 6.19. The number of halogens is 1. The van der Waals surface area contributed by atoms with Crippen molar-refractivity contribution in [1.82, 2.24) is 4.31 Å². The molecule has 2 heterocycles. The van der Waals surface area contributed by atoms with E-state index in [2.05, 4.69) is 0 Å². The number of hydrogen-bond acceptors (Lipinski definition) is 4. The first-order valence-corrected chi connectivity index (χ1v) is 7.30. The molecule has 1 atom stereocenters. The van der Waals surface area contributed by atoms with Gasteiger partial charge in [-0.05, 0) is 12.8 Å². The minimum absolute atomic E-state index is 0.260. The molecule has 0 aromatic rings. The summed E-state index contributed by atoms with van der Waals surface area (Å²) in [6.45, 7) is 1.51. The average Bonchev–Trinajstić information content (AvgIpc) is 2.69. The first-order valence-electron chi connectivity index (χ1n) is 5.03. The molecule has 5 nitrogen and oxygen atoms in total. The number of piperidine rings is 1. The molecule has 0 radical (unpaired) electrons. The smallest absolute Gasteiger partial charge is 0.300 e. The largest absolute Gasteiger partial charge is 0.349 e. The number of hydrogen-bond donors (Lipinski definition) is 0. The van der Waals surface area contributed by atoms with Gasteiger partial charge in [0.05, 0.1) is 19.3 Å². The Bertz CT molecular complexity index is 315. The fourth-order valence-corrected chi connectivity index (χ4v) is 3.46. The molecule has 2 fully saturated rings. The van der Waals surface area contributed by atoms with Crippen LogP contribution in [-0.2, 0) is 18.7 Å². The normalized spacial score (nSPS) is 30.9. The molecule has 7 heteroatoms. The van der Waals surface area contributed by atoms with E-state index in [0.717, 1.165) is 19.3 Å². The van der Waals surface area contributed by atoms with Crippen LogP contribution in [0.5, 0.6) is 0 Å². The Morgan fingerprint density at radius 3 is 2.47 bits per heavy atom. The van der Waals surface area contributed by atoms with Gasteiger partial charge in [0, 0.05) is 17.2 Å². The summed E-state index contributed by atoms with van der Waals surface area (Å²) < 4.78 is 34.6. The second kappa shape index (κ2) is 4.55. The van der Waals surface area contributed by atoms with Crippen molar-refractivity contribution in [3.63, 3.8) is 0 Å². The monoisotopic (exact) mass is 255 g/mol. The molecule has 0 bridgehead atoms. The summed E-state index contributed by atoms with van der Waals surface area (Å²) in [4.78, 5) is 0. The third-order valence-corrected chi connectivity index (χ3v) is 4.29. The van der Waals surface area contributed by atoms with E-state index in [1.54, 1.807) is 0 Å². The Labute approximate surface area is 93.8 Å². The number of rotatable bonds is 2. The van der Waals surface area contributed by atoms with E-state index in [1.165, 1.54) is 4.31 Å². The van der Waals surface area contributed by atoms with Crippen molar-refractivity contribution < 1.29 is 17.9 Å². The lowest BCUT2D eigenvalue weighted by atomic mass is 10.0. The molecular weight excluding hydrogens is 242 g/mol. The molecule has 15 heavy (non-hydrogen) atoms. The third-order valence-electron chi connectivity index (χ3n) is 2.74. The van der Waals surface area contributed by atoms with Crippen molar-refractivity contribution in [2.75, 3.05) is 19.8 Å². The molecule has 88 valence electrons. The lowest BCUT2D eigenvalue weighted by Crippen LogP contribution is -2.48. The summed E-state index contributed by atoms with van der Waals surface area (Å²) in [5.41, 5.74) is 0. The zero-order chi connectivity index (χ0) is 10.9. The molecule has 1 unspecified atom stereocenters. The van der Waals surface area contributed by atoms with Gasteiger partial charge in [0.15, 0.2) is 6.29 Å². The summed E-state index contributed by atoms with van der Waals surface area (Å²) in [5, 5.41) is 0. The molecule has 0 aromatic heterocycles. The van der Waals surface area contributed by atoms with Crippen molar-refractivity contribution in [2.45, 2.75) is 31.6 Å². The van der Waals surface area contributed by atoms with Gasteiger partial charge in [-0.2, -0.15) is 12.7 Å². The van der Waals surface area contributed by atoms with Crippen molar-refractivity contribution in [2.24, 2.45) is 0 Å². The molecule has 0 spiro atoms. The van der Waals surface area contributed by atoms with E-state index in [4.69, 9.17) is 20.2 Å². The lowest BCUT2D eigenvalue weighted by Gasteiger charge is -2.34. The van der Waals surface area contributed by atoms with Crippen LogP contribution in [0.4, 0.5) is 0 Å². The lowest BCUT2D eigenvalue weighted by molar-refractivity contribution is -0.0909. The van der Waals surface area contributed by atoms with Crippen molar-refractivity contribution in [3.8, 4) is 0 Å². The first kappa shape index (κ1) is 11.6. The molecule has 2 aliphatic rings. The maximum atomic E-state index is 11.3. The fourth-order valence-electron chi connectivity index (χ4n) is 2.07. The zero-order valence-corrected chi connectivity index (χ0v) is 9.84. The molecule has 0 aliphatic carbocycles. The highest BCUT2D eigenvalue weighted by atomic mass is 35.7. The molecule has 0 aromatic carbocycles. The van der Waals surface area contributed by atoms with Crippen LogP contribution in [0.25, 0.3) is 0 Å². The van der Waals surface area contributed by atoms with Crippen LogP contribution >= 0.6 is 10.7 Å². The fraction of sp³-hybridized carbons (Fsp3) is 1.00.